The van der Waals surface area contributed by atoms with Gasteiger partial charge in [0.1, 0.15) is 0 Å². The van der Waals surface area contributed by atoms with E-state index >= 15 is 0 Å². The third kappa shape index (κ3) is 3.52. The van der Waals surface area contributed by atoms with Crippen LogP contribution in [-0.2, 0) is 6.54 Å². The van der Waals surface area contributed by atoms with Crippen LogP contribution in [0.25, 0.3) is 0 Å². The van der Waals surface area contributed by atoms with Crippen LogP contribution in [0.3, 0.4) is 0 Å². The monoisotopic (exact) mass is 423 g/mol. The lowest BCUT2D eigenvalue weighted by Gasteiger charge is -2.60. The molecule has 4 aliphatic carbocycles. The molecular formula is C28H41NO2. The van der Waals surface area contributed by atoms with E-state index in [1.165, 1.54) is 43.2 Å². The highest BCUT2D eigenvalue weighted by Gasteiger charge is 2.60. The number of aliphatic hydroxyl groups excluding tert-OH is 2. The molecule has 0 amide bonds. The summed E-state index contributed by atoms with van der Waals surface area (Å²) in [7, 11) is 0. The minimum absolute atomic E-state index is 0.168. The Morgan fingerprint density at radius 1 is 1.06 bits per heavy atom. The first-order valence-corrected chi connectivity index (χ1v) is 12.7. The zero-order valence-corrected chi connectivity index (χ0v) is 19.4. The van der Waals surface area contributed by atoms with E-state index in [9.17, 15) is 10.2 Å². The number of benzene rings is 1. The summed E-state index contributed by atoms with van der Waals surface area (Å²) < 4.78 is 0. The Morgan fingerprint density at radius 2 is 1.87 bits per heavy atom. The Balaban J connectivity index is 1.37. The van der Waals surface area contributed by atoms with Gasteiger partial charge in [0.15, 0.2) is 0 Å². The molecule has 1 aromatic rings. The van der Waals surface area contributed by atoms with Gasteiger partial charge >= 0.3 is 0 Å². The molecule has 0 aliphatic heterocycles. The Hall–Kier alpha value is -1.16. The van der Waals surface area contributed by atoms with Crippen LogP contribution in [0.4, 0.5) is 0 Å². The van der Waals surface area contributed by atoms with Gasteiger partial charge in [-0.15, -0.1) is 0 Å². The quantitative estimate of drug-likeness (QED) is 0.579. The van der Waals surface area contributed by atoms with E-state index in [4.69, 9.17) is 0 Å². The normalized spacial score (nSPS) is 44.2. The number of hydrogen-bond donors (Lipinski definition) is 3. The Labute approximate surface area is 188 Å². The molecule has 0 bridgehead atoms. The van der Waals surface area contributed by atoms with Crippen molar-refractivity contribution >= 4 is 0 Å². The highest BCUT2D eigenvalue weighted by atomic mass is 16.3. The van der Waals surface area contributed by atoms with Gasteiger partial charge in [-0.25, -0.2) is 0 Å². The lowest BCUT2D eigenvalue weighted by molar-refractivity contribution is -0.0735. The lowest BCUT2D eigenvalue weighted by atomic mass is 9.45. The van der Waals surface area contributed by atoms with E-state index in [-0.39, 0.29) is 18.1 Å². The minimum atomic E-state index is -0.223. The van der Waals surface area contributed by atoms with E-state index in [0.29, 0.717) is 23.3 Å². The molecule has 3 N–H and O–H groups in total. The van der Waals surface area contributed by atoms with Gasteiger partial charge in [-0.2, -0.15) is 0 Å². The molecule has 0 aromatic heterocycles. The molecule has 1 aromatic carbocycles. The maximum Gasteiger partial charge on any atom is 0.0580 e. The second-order valence-corrected chi connectivity index (χ2v) is 11.5. The topological polar surface area (TPSA) is 52.5 Å². The fourth-order valence-corrected chi connectivity index (χ4v) is 8.62. The number of allylic oxidation sites excluding steroid dienone is 1. The number of nitrogens with one attached hydrogen (secondary N) is 1. The first-order valence-electron chi connectivity index (χ1n) is 12.7. The average molecular weight is 424 g/mol. The average Bonchev–Trinajstić information content (AvgIpc) is 3.10. The Morgan fingerprint density at radius 3 is 2.65 bits per heavy atom. The van der Waals surface area contributed by atoms with Crippen LogP contribution in [0.1, 0.15) is 70.8 Å². The van der Waals surface area contributed by atoms with Crippen molar-refractivity contribution in [1.29, 1.82) is 0 Å². The molecule has 3 unspecified atom stereocenters. The molecule has 5 rings (SSSR count). The van der Waals surface area contributed by atoms with Gasteiger partial charge in [-0.05, 0) is 91.4 Å². The first-order chi connectivity index (χ1) is 15.0. The molecule has 3 nitrogen and oxygen atoms in total. The van der Waals surface area contributed by atoms with Gasteiger partial charge < -0.3 is 15.5 Å². The van der Waals surface area contributed by atoms with E-state index < -0.39 is 0 Å². The van der Waals surface area contributed by atoms with Crippen LogP contribution in [0.2, 0.25) is 0 Å². The summed E-state index contributed by atoms with van der Waals surface area (Å²) in [4.78, 5) is 0. The standard InChI is InChI=1S/C28H41NO2/c1-27-14-12-25-23(9-8-20-16-22(31)17-21(13-15-30)28(20,25)2)24(27)10-11-26(27)29-18-19-6-4-3-5-7-19/h3-8,21-26,29-31H,9-18H2,1-2H3/t21?,22?,23-,24-,25+,26?,27-,28+/m0/s1. The summed E-state index contributed by atoms with van der Waals surface area (Å²) in [6.07, 6.45) is 11.3. The molecule has 3 heteroatoms. The van der Waals surface area contributed by atoms with Crippen LogP contribution < -0.4 is 5.32 Å². The Kier molecular flexibility index (Phi) is 5.82. The van der Waals surface area contributed by atoms with Crippen molar-refractivity contribution in [2.24, 2.45) is 34.5 Å². The van der Waals surface area contributed by atoms with Crippen LogP contribution in [0.5, 0.6) is 0 Å². The van der Waals surface area contributed by atoms with Crippen molar-refractivity contribution in [1.82, 2.24) is 5.32 Å². The molecule has 3 fully saturated rings. The molecule has 8 atom stereocenters. The summed E-state index contributed by atoms with van der Waals surface area (Å²) in [5, 5.41) is 24.2. The van der Waals surface area contributed by atoms with Crippen molar-refractivity contribution in [3.05, 3.63) is 47.5 Å². The zero-order valence-electron chi connectivity index (χ0n) is 19.4. The van der Waals surface area contributed by atoms with Gasteiger partial charge in [0.05, 0.1) is 6.10 Å². The van der Waals surface area contributed by atoms with E-state index in [0.717, 1.165) is 37.6 Å². The second-order valence-electron chi connectivity index (χ2n) is 11.5. The van der Waals surface area contributed by atoms with Gasteiger partial charge in [0, 0.05) is 19.2 Å². The largest absolute Gasteiger partial charge is 0.396 e. The number of hydrogen-bond acceptors (Lipinski definition) is 3. The maximum absolute atomic E-state index is 10.5. The van der Waals surface area contributed by atoms with Gasteiger partial charge in [0.25, 0.3) is 0 Å². The summed E-state index contributed by atoms with van der Waals surface area (Å²) in [5.41, 5.74) is 3.44. The Bertz CT molecular complexity index is 806. The van der Waals surface area contributed by atoms with Crippen molar-refractivity contribution in [2.45, 2.75) is 83.9 Å². The third-order valence-electron chi connectivity index (χ3n) is 10.3. The third-order valence-corrected chi connectivity index (χ3v) is 10.3. The summed E-state index contributed by atoms with van der Waals surface area (Å²) >= 11 is 0. The molecule has 0 heterocycles. The van der Waals surface area contributed by atoms with E-state index in [1.54, 1.807) is 0 Å². The zero-order chi connectivity index (χ0) is 21.6. The summed E-state index contributed by atoms with van der Waals surface area (Å²) in [6, 6.07) is 11.4. The smallest absolute Gasteiger partial charge is 0.0580 e. The van der Waals surface area contributed by atoms with Crippen molar-refractivity contribution in [3.8, 4) is 0 Å². The molecule has 31 heavy (non-hydrogen) atoms. The predicted octanol–water partition coefficient (Wildman–Crippen LogP) is 5.08. The first kappa shape index (κ1) is 21.7. The predicted molar refractivity (Wildman–Crippen MR) is 125 cm³/mol. The van der Waals surface area contributed by atoms with Gasteiger partial charge in [0.2, 0.25) is 0 Å². The lowest BCUT2D eigenvalue weighted by Crippen LogP contribution is -2.55. The highest BCUT2D eigenvalue weighted by Crippen LogP contribution is 2.66. The summed E-state index contributed by atoms with van der Waals surface area (Å²) in [5.74, 6) is 2.67. The van der Waals surface area contributed by atoms with E-state index in [1.807, 2.05) is 0 Å². The molecule has 0 saturated heterocycles. The fraction of sp³-hybridized carbons (Fsp3) is 0.714. The molecule has 0 spiro atoms. The fourth-order valence-electron chi connectivity index (χ4n) is 8.62. The molecular weight excluding hydrogens is 382 g/mol. The molecule has 3 saturated carbocycles. The van der Waals surface area contributed by atoms with Crippen LogP contribution in [0, 0.1) is 34.5 Å². The van der Waals surface area contributed by atoms with Crippen LogP contribution >= 0.6 is 0 Å². The van der Waals surface area contributed by atoms with E-state index in [2.05, 4.69) is 55.6 Å². The molecule has 0 radical (unpaired) electrons. The minimum Gasteiger partial charge on any atom is -0.396 e. The summed E-state index contributed by atoms with van der Waals surface area (Å²) in [6.45, 7) is 6.27. The maximum atomic E-state index is 10.5. The SMILES string of the molecule is C[C@]12CC[C@@H]3[C@@H](CC=C4CC(O)CC(CCO)[C@@]43C)[C@@H]1CCC2NCc1ccccc1. The number of fused-ring (bicyclic) bond motifs is 5. The molecule has 4 aliphatic rings. The number of aliphatic hydroxyl groups is 2. The van der Waals surface area contributed by atoms with Crippen molar-refractivity contribution < 1.29 is 10.2 Å². The second kappa shape index (κ2) is 8.32. The van der Waals surface area contributed by atoms with Crippen LogP contribution in [-0.4, -0.2) is 29.0 Å². The van der Waals surface area contributed by atoms with Crippen molar-refractivity contribution in [2.75, 3.05) is 6.61 Å². The van der Waals surface area contributed by atoms with Gasteiger partial charge in [-0.3, -0.25) is 0 Å². The van der Waals surface area contributed by atoms with Crippen molar-refractivity contribution in [3.63, 3.8) is 0 Å². The number of rotatable bonds is 5. The van der Waals surface area contributed by atoms with Crippen LogP contribution in [0.15, 0.2) is 42.0 Å². The van der Waals surface area contributed by atoms with Gasteiger partial charge in [-0.1, -0.05) is 55.8 Å². The highest BCUT2D eigenvalue weighted by molar-refractivity contribution is 5.27. The molecule has 170 valence electrons.